The van der Waals surface area contributed by atoms with Crippen LogP contribution >= 0.6 is 27.3 Å². The number of benzene rings is 2. The van der Waals surface area contributed by atoms with E-state index >= 15 is 0 Å². The lowest BCUT2D eigenvalue weighted by Gasteiger charge is -2.04. The highest BCUT2D eigenvalue weighted by atomic mass is 79.9. The Balaban J connectivity index is 1.86. The van der Waals surface area contributed by atoms with Crippen molar-refractivity contribution in [3.05, 3.63) is 63.7 Å². The molecule has 0 aliphatic heterocycles. The molecule has 0 fully saturated rings. The van der Waals surface area contributed by atoms with Gasteiger partial charge in [0.2, 0.25) is 0 Å². The molecule has 1 N–H and O–H groups in total. The van der Waals surface area contributed by atoms with E-state index in [2.05, 4.69) is 21.2 Å². The number of carbonyl (C=O) groups is 1. The maximum absolute atomic E-state index is 13.4. The number of hydrogen-bond acceptors (Lipinski definition) is 2. The SMILES string of the molecule is O=C(Nc1ccc(Br)c(F)c1)c1cc2ccccc2s1. The van der Waals surface area contributed by atoms with E-state index in [-0.39, 0.29) is 5.91 Å². The Kier molecular flexibility index (Phi) is 3.54. The Hall–Kier alpha value is -1.72. The molecule has 3 aromatic rings. The number of amides is 1. The second-order valence-corrected chi connectivity index (χ2v) is 6.17. The van der Waals surface area contributed by atoms with Gasteiger partial charge in [0.15, 0.2) is 0 Å². The van der Waals surface area contributed by atoms with Crippen LogP contribution in [0, 0.1) is 5.82 Å². The molecule has 0 unspecified atom stereocenters. The maximum atomic E-state index is 13.4. The van der Waals surface area contributed by atoms with Gasteiger partial charge in [-0.05, 0) is 51.6 Å². The van der Waals surface area contributed by atoms with E-state index in [9.17, 15) is 9.18 Å². The standard InChI is InChI=1S/C15H9BrFNOS/c16-11-6-5-10(8-12(11)17)18-15(19)14-7-9-3-1-2-4-13(9)20-14/h1-8H,(H,18,19). The Morgan fingerprint density at radius 3 is 2.70 bits per heavy atom. The van der Waals surface area contributed by atoms with Crippen LogP contribution in [0.5, 0.6) is 0 Å². The first-order valence-electron chi connectivity index (χ1n) is 5.88. The molecule has 1 heterocycles. The molecule has 20 heavy (non-hydrogen) atoms. The molecular weight excluding hydrogens is 341 g/mol. The van der Waals surface area contributed by atoms with Gasteiger partial charge in [-0.15, -0.1) is 11.3 Å². The predicted octanol–water partition coefficient (Wildman–Crippen LogP) is 5.06. The summed E-state index contributed by atoms with van der Waals surface area (Å²) in [5.41, 5.74) is 0.438. The zero-order valence-corrected chi connectivity index (χ0v) is 12.6. The first kappa shape index (κ1) is 13.3. The van der Waals surface area contributed by atoms with E-state index < -0.39 is 5.82 Å². The lowest BCUT2D eigenvalue weighted by Crippen LogP contribution is -2.10. The number of rotatable bonds is 2. The number of carbonyl (C=O) groups excluding carboxylic acids is 1. The summed E-state index contributed by atoms with van der Waals surface area (Å²) in [6.45, 7) is 0. The fourth-order valence-electron chi connectivity index (χ4n) is 1.86. The van der Waals surface area contributed by atoms with Gasteiger partial charge in [-0.25, -0.2) is 4.39 Å². The number of fused-ring (bicyclic) bond motifs is 1. The van der Waals surface area contributed by atoms with Crippen molar-refractivity contribution in [1.29, 1.82) is 0 Å². The Bertz CT molecular complexity index is 766. The molecule has 2 aromatic carbocycles. The summed E-state index contributed by atoms with van der Waals surface area (Å²) in [7, 11) is 0. The summed E-state index contributed by atoms with van der Waals surface area (Å²) < 4.78 is 14.8. The van der Waals surface area contributed by atoms with Crippen molar-refractivity contribution in [3.63, 3.8) is 0 Å². The molecule has 0 radical (unpaired) electrons. The van der Waals surface area contributed by atoms with Gasteiger partial charge in [0, 0.05) is 10.4 Å². The van der Waals surface area contributed by atoms with Gasteiger partial charge in [-0.2, -0.15) is 0 Å². The van der Waals surface area contributed by atoms with Crippen LogP contribution < -0.4 is 5.32 Å². The Labute approximate surface area is 127 Å². The van der Waals surface area contributed by atoms with E-state index in [1.54, 1.807) is 12.1 Å². The third kappa shape index (κ3) is 2.59. The van der Waals surface area contributed by atoms with Crippen molar-refractivity contribution < 1.29 is 9.18 Å². The highest BCUT2D eigenvalue weighted by Gasteiger charge is 2.11. The van der Waals surface area contributed by atoms with Crippen LogP contribution in [-0.4, -0.2) is 5.91 Å². The molecule has 5 heteroatoms. The quantitative estimate of drug-likeness (QED) is 0.688. The smallest absolute Gasteiger partial charge is 0.265 e. The number of halogens is 2. The second-order valence-electron chi connectivity index (χ2n) is 4.23. The number of hydrogen-bond donors (Lipinski definition) is 1. The summed E-state index contributed by atoms with van der Waals surface area (Å²) in [6, 6.07) is 14.1. The second kappa shape index (κ2) is 5.34. The largest absolute Gasteiger partial charge is 0.321 e. The molecule has 1 amide bonds. The van der Waals surface area contributed by atoms with Crippen molar-refractivity contribution in [2.24, 2.45) is 0 Å². The lowest BCUT2D eigenvalue weighted by atomic mass is 10.2. The molecule has 0 aliphatic rings. The van der Waals surface area contributed by atoms with Crippen molar-refractivity contribution in [2.75, 3.05) is 5.32 Å². The molecular formula is C15H9BrFNOS. The van der Waals surface area contributed by atoms with Gasteiger partial charge in [0.1, 0.15) is 5.82 Å². The van der Waals surface area contributed by atoms with Crippen LogP contribution in [0.1, 0.15) is 9.67 Å². The highest BCUT2D eigenvalue weighted by Crippen LogP contribution is 2.26. The molecule has 0 saturated carbocycles. The first-order chi connectivity index (χ1) is 9.63. The maximum Gasteiger partial charge on any atom is 0.265 e. The van der Waals surface area contributed by atoms with E-state index in [4.69, 9.17) is 0 Å². The minimum Gasteiger partial charge on any atom is -0.321 e. The van der Waals surface area contributed by atoms with E-state index in [0.717, 1.165) is 10.1 Å². The van der Waals surface area contributed by atoms with Crippen LogP contribution in [0.15, 0.2) is 53.0 Å². The van der Waals surface area contributed by atoms with Gasteiger partial charge in [-0.3, -0.25) is 4.79 Å². The normalized spacial score (nSPS) is 10.7. The average Bonchev–Trinajstić information content (AvgIpc) is 2.87. The zero-order chi connectivity index (χ0) is 14.1. The minimum atomic E-state index is -0.404. The molecule has 0 bridgehead atoms. The van der Waals surface area contributed by atoms with Crippen LogP contribution in [0.4, 0.5) is 10.1 Å². The van der Waals surface area contributed by atoms with E-state index in [1.165, 1.54) is 17.4 Å². The topological polar surface area (TPSA) is 29.1 Å². The number of nitrogens with one attached hydrogen (secondary N) is 1. The van der Waals surface area contributed by atoms with Gasteiger partial charge in [-0.1, -0.05) is 18.2 Å². The van der Waals surface area contributed by atoms with Crippen LogP contribution in [0.3, 0.4) is 0 Å². The Morgan fingerprint density at radius 1 is 1.15 bits per heavy atom. The summed E-state index contributed by atoms with van der Waals surface area (Å²) in [5.74, 6) is -0.632. The number of anilines is 1. The first-order valence-corrected chi connectivity index (χ1v) is 7.49. The van der Waals surface area contributed by atoms with Crippen LogP contribution in [0.2, 0.25) is 0 Å². The highest BCUT2D eigenvalue weighted by molar-refractivity contribution is 9.10. The fourth-order valence-corrected chi connectivity index (χ4v) is 3.06. The van der Waals surface area contributed by atoms with Crippen molar-refractivity contribution in [2.45, 2.75) is 0 Å². The summed E-state index contributed by atoms with van der Waals surface area (Å²) in [4.78, 5) is 12.8. The third-order valence-corrected chi connectivity index (χ3v) is 4.58. The monoisotopic (exact) mass is 349 g/mol. The molecule has 0 atom stereocenters. The average molecular weight is 350 g/mol. The predicted molar refractivity (Wildman–Crippen MR) is 83.9 cm³/mol. The molecule has 3 rings (SSSR count). The van der Waals surface area contributed by atoms with Crippen molar-refractivity contribution in [3.8, 4) is 0 Å². The molecule has 0 spiro atoms. The van der Waals surface area contributed by atoms with Gasteiger partial charge >= 0.3 is 0 Å². The van der Waals surface area contributed by atoms with Gasteiger partial charge in [0.25, 0.3) is 5.91 Å². The van der Waals surface area contributed by atoms with E-state index in [0.29, 0.717) is 15.0 Å². The molecule has 0 saturated heterocycles. The van der Waals surface area contributed by atoms with Gasteiger partial charge < -0.3 is 5.32 Å². The number of thiophene rings is 1. The minimum absolute atomic E-state index is 0.229. The lowest BCUT2D eigenvalue weighted by molar-refractivity contribution is 0.103. The summed E-state index contributed by atoms with van der Waals surface area (Å²) in [6.07, 6.45) is 0. The van der Waals surface area contributed by atoms with E-state index in [1.807, 2.05) is 30.3 Å². The molecule has 1 aromatic heterocycles. The van der Waals surface area contributed by atoms with Crippen LogP contribution in [-0.2, 0) is 0 Å². The van der Waals surface area contributed by atoms with Crippen molar-refractivity contribution in [1.82, 2.24) is 0 Å². The Morgan fingerprint density at radius 2 is 1.95 bits per heavy atom. The van der Waals surface area contributed by atoms with Crippen LogP contribution in [0.25, 0.3) is 10.1 Å². The molecule has 100 valence electrons. The van der Waals surface area contributed by atoms with Crippen molar-refractivity contribution >= 4 is 48.9 Å². The zero-order valence-electron chi connectivity index (χ0n) is 10.2. The summed E-state index contributed by atoms with van der Waals surface area (Å²) >= 11 is 4.50. The fraction of sp³-hybridized carbons (Fsp3) is 0. The van der Waals surface area contributed by atoms with Gasteiger partial charge in [0.05, 0.1) is 9.35 Å². The summed E-state index contributed by atoms with van der Waals surface area (Å²) in [5, 5.41) is 3.73. The third-order valence-electron chi connectivity index (χ3n) is 2.83. The molecule has 0 aliphatic carbocycles. The molecule has 2 nitrogen and oxygen atoms in total.